The smallest absolute Gasteiger partial charge is 0.126 e. The molecule has 4 nitrogen and oxygen atoms in total. The lowest BCUT2D eigenvalue weighted by molar-refractivity contribution is 0.245. The number of aliphatic imine (C=N–C) groups is 1. The van der Waals surface area contributed by atoms with E-state index in [1.165, 1.54) is 126 Å². The van der Waals surface area contributed by atoms with Crippen molar-refractivity contribution in [2.45, 2.75) is 152 Å². The summed E-state index contributed by atoms with van der Waals surface area (Å²) in [5, 5.41) is 4.05. The highest BCUT2D eigenvalue weighted by molar-refractivity contribution is 6.01. The highest BCUT2D eigenvalue weighted by Crippen LogP contribution is 2.52. The second-order valence-electron chi connectivity index (χ2n) is 22.1. The van der Waals surface area contributed by atoms with Crippen LogP contribution in [-0.2, 0) is 0 Å². The fraction of sp³-hybridized carbons (Fsp3) is 0.409. The van der Waals surface area contributed by atoms with Crippen LogP contribution in [0, 0.1) is 17.8 Å². The Bertz CT molecular complexity index is 2780. The number of rotatable bonds is 8. The SMILES string of the molecule is CC1/C=C\C=C/C(C)N(c2ccccc2)c2ccc(C3=C[C@H]4c5ccccc5N(C5CCCC(C6C=C(C7C=C(C8N=C(C9=CCCCC9)CC(C9=CC=CCC9)N8)C=CC7)C=CC6)C5)C4CC3)cc21. The lowest BCUT2D eigenvalue weighted by Gasteiger charge is -2.44. The van der Waals surface area contributed by atoms with Crippen LogP contribution >= 0.6 is 0 Å². The summed E-state index contributed by atoms with van der Waals surface area (Å²) in [6.45, 7) is 4.67. The Kier molecular flexibility index (Phi) is 13.1. The van der Waals surface area contributed by atoms with Crippen molar-refractivity contribution in [3.8, 4) is 0 Å². The fourth-order valence-electron chi connectivity index (χ4n) is 14.2. The van der Waals surface area contributed by atoms with E-state index in [-0.39, 0.29) is 12.2 Å². The molecule has 9 aliphatic rings. The minimum atomic E-state index is 0.00826. The van der Waals surface area contributed by atoms with Gasteiger partial charge >= 0.3 is 0 Å². The average Bonchev–Trinajstić information content (AvgIpc) is 3.78. The molecule has 4 heteroatoms. The molecular formula is C66H74N4. The summed E-state index contributed by atoms with van der Waals surface area (Å²) in [7, 11) is 0. The standard InChI is InChI=1S/C66H74N4/c1-45-19-12-13-20-46(2)69(56-30-10-5-11-31-56)64-37-35-53(42-59(45)64)54-36-38-65-60(43-54)58-33-14-15-34-63(58)70(65)57-32-18-28-52(41-57)50-26-16-25-49(39-50)51-27-17-29-55(40-51)66-67-61(47-21-6-3-7-22-47)44-62(68-66)48-23-8-4-9-24-48/h3,5-6,10-17,19-21,23,25,29-31,33-35,37,39-40,42-43,45-46,50-52,57,60-61,65-67H,4,7-9,18,22,24,26-28,32,36,38,41,44H2,1-2H3/b19-12-,20-13-/t45?,46?,50?,51?,52?,57?,60-,61?,65?,66?/m0/s1. The van der Waals surface area contributed by atoms with Gasteiger partial charge in [0.1, 0.15) is 6.17 Å². The van der Waals surface area contributed by atoms with Gasteiger partial charge in [-0.1, -0.05) is 153 Å². The molecule has 0 radical (unpaired) electrons. The zero-order chi connectivity index (χ0) is 47.0. The average molecular weight is 923 g/mol. The van der Waals surface area contributed by atoms with Crippen molar-refractivity contribution in [2.75, 3.05) is 9.80 Å². The molecular weight excluding hydrogens is 849 g/mol. The van der Waals surface area contributed by atoms with Gasteiger partial charge in [0.15, 0.2) is 0 Å². The number of hydrogen-bond acceptors (Lipinski definition) is 4. The Morgan fingerprint density at radius 3 is 2.44 bits per heavy atom. The molecule has 1 fully saturated rings. The predicted octanol–water partition coefficient (Wildman–Crippen LogP) is 16.1. The number of fused-ring (bicyclic) bond motifs is 4. The Morgan fingerprint density at radius 1 is 0.686 bits per heavy atom. The van der Waals surface area contributed by atoms with E-state index in [2.05, 4.69) is 193 Å². The van der Waals surface area contributed by atoms with Gasteiger partial charge in [-0.25, -0.2) is 0 Å². The maximum absolute atomic E-state index is 5.51. The van der Waals surface area contributed by atoms with E-state index in [4.69, 9.17) is 4.99 Å². The van der Waals surface area contributed by atoms with Gasteiger partial charge in [0.25, 0.3) is 0 Å². The van der Waals surface area contributed by atoms with Gasteiger partial charge in [-0.05, 0) is 172 Å². The molecule has 12 rings (SSSR count). The number of benzene rings is 3. The maximum atomic E-state index is 5.51. The number of allylic oxidation sites excluding steroid dienone is 15. The normalized spacial score (nSPS) is 32.6. The molecule has 6 aliphatic carbocycles. The summed E-state index contributed by atoms with van der Waals surface area (Å²) >= 11 is 0. The van der Waals surface area contributed by atoms with E-state index in [1.807, 2.05) is 0 Å². The second-order valence-corrected chi connectivity index (χ2v) is 22.1. The molecule has 0 amide bonds. The highest BCUT2D eigenvalue weighted by atomic mass is 15.2. The van der Waals surface area contributed by atoms with Crippen LogP contribution in [0.5, 0.6) is 0 Å². The maximum Gasteiger partial charge on any atom is 0.126 e. The van der Waals surface area contributed by atoms with Crippen molar-refractivity contribution < 1.29 is 0 Å². The van der Waals surface area contributed by atoms with Gasteiger partial charge in [-0.2, -0.15) is 0 Å². The number of hydrogen-bond donors (Lipinski definition) is 1. The topological polar surface area (TPSA) is 30.9 Å². The first kappa shape index (κ1) is 45.4. The van der Waals surface area contributed by atoms with Gasteiger partial charge in [0.05, 0.1) is 0 Å². The minimum absolute atomic E-state index is 0.00826. The molecule has 3 heterocycles. The van der Waals surface area contributed by atoms with Crippen LogP contribution in [0.25, 0.3) is 5.57 Å². The number of para-hydroxylation sites is 2. The van der Waals surface area contributed by atoms with E-state index in [0.717, 1.165) is 32.1 Å². The Balaban J connectivity index is 0.777. The first-order valence-corrected chi connectivity index (χ1v) is 27.6. The van der Waals surface area contributed by atoms with Crippen molar-refractivity contribution in [3.63, 3.8) is 0 Å². The van der Waals surface area contributed by atoms with Crippen LogP contribution in [0.15, 0.2) is 191 Å². The lowest BCUT2D eigenvalue weighted by Crippen LogP contribution is -2.46. The molecule has 3 aromatic rings. The van der Waals surface area contributed by atoms with E-state index in [1.54, 1.807) is 5.57 Å². The van der Waals surface area contributed by atoms with Crippen molar-refractivity contribution in [3.05, 3.63) is 203 Å². The molecule has 3 aromatic carbocycles. The van der Waals surface area contributed by atoms with Crippen LogP contribution < -0.4 is 15.1 Å². The number of nitrogens with zero attached hydrogens (tertiary/aromatic N) is 3. The molecule has 0 spiro atoms. The van der Waals surface area contributed by atoms with Crippen molar-refractivity contribution in [2.24, 2.45) is 22.7 Å². The van der Waals surface area contributed by atoms with Crippen LogP contribution in [0.1, 0.15) is 139 Å². The van der Waals surface area contributed by atoms with Crippen LogP contribution in [0.3, 0.4) is 0 Å². The first-order chi connectivity index (χ1) is 34.5. The summed E-state index contributed by atoms with van der Waals surface area (Å²) in [5.74, 6) is 2.42. The van der Waals surface area contributed by atoms with Gasteiger partial charge in [-0.3, -0.25) is 10.3 Å². The fourth-order valence-corrected chi connectivity index (χ4v) is 14.2. The van der Waals surface area contributed by atoms with E-state index in [0.29, 0.717) is 47.7 Å². The monoisotopic (exact) mass is 923 g/mol. The lowest BCUT2D eigenvalue weighted by atomic mass is 9.72. The van der Waals surface area contributed by atoms with Crippen molar-refractivity contribution in [1.29, 1.82) is 0 Å². The van der Waals surface area contributed by atoms with E-state index in [9.17, 15) is 0 Å². The van der Waals surface area contributed by atoms with Gasteiger partial charge in [0.2, 0.25) is 0 Å². The van der Waals surface area contributed by atoms with Crippen LogP contribution in [-0.4, -0.2) is 36.0 Å². The molecule has 1 N–H and O–H groups in total. The molecule has 0 bridgehead atoms. The molecule has 9 unspecified atom stereocenters. The third kappa shape index (κ3) is 9.11. The van der Waals surface area contributed by atoms with Crippen molar-refractivity contribution >= 4 is 28.3 Å². The summed E-state index contributed by atoms with van der Waals surface area (Å²) in [6.07, 6.45) is 54.5. The van der Waals surface area contributed by atoms with Crippen molar-refractivity contribution in [1.82, 2.24) is 5.32 Å². The largest absolute Gasteiger partial charge is 0.364 e. The summed E-state index contributed by atoms with van der Waals surface area (Å²) in [6, 6.07) is 29.5. The third-order valence-electron chi connectivity index (χ3n) is 17.8. The highest BCUT2D eigenvalue weighted by Gasteiger charge is 2.44. The molecule has 0 saturated heterocycles. The minimum Gasteiger partial charge on any atom is -0.364 e. The predicted molar refractivity (Wildman–Crippen MR) is 296 cm³/mol. The van der Waals surface area contributed by atoms with E-state index < -0.39 is 0 Å². The van der Waals surface area contributed by atoms with E-state index >= 15 is 0 Å². The second kappa shape index (κ2) is 20.2. The quantitative estimate of drug-likeness (QED) is 0.244. The molecule has 358 valence electrons. The number of nitrogens with one attached hydrogen (secondary N) is 1. The van der Waals surface area contributed by atoms with Gasteiger partial charge in [0, 0.05) is 71.1 Å². The Labute approximate surface area is 419 Å². The third-order valence-corrected chi connectivity index (χ3v) is 17.8. The van der Waals surface area contributed by atoms with Crippen LogP contribution in [0.2, 0.25) is 0 Å². The molecule has 0 aromatic heterocycles. The zero-order valence-electron chi connectivity index (χ0n) is 41.8. The van der Waals surface area contributed by atoms with Crippen LogP contribution in [0.4, 0.5) is 17.1 Å². The number of anilines is 3. The molecule has 10 atom stereocenters. The van der Waals surface area contributed by atoms with Gasteiger partial charge in [-0.15, -0.1) is 0 Å². The zero-order valence-corrected chi connectivity index (χ0v) is 41.8. The summed E-state index contributed by atoms with van der Waals surface area (Å²) in [4.78, 5) is 11.0. The van der Waals surface area contributed by atoms with Gasteiger partial charge < -0.3 is 9.80 Å². The summed E-state index contributed by atoms with van der Waals surface area (Å²) < 4.78 is 0. The Hall–Kier alpha value is -5.71. The molecule has 70 heavy (non-hydrogen) atoms. The molecule has 3 aliphatic heterocycles. The molecule has 1 saturated carbocycles. The summed E-state index contributed by atoms with van der Waals surface area (Å²) in [5.41, 5.74) is 17.2. The Morgan fingerprint density at radius 2 is 1.56 bits per heavy atom. The first-order valence-electron chi connectivity index (χ1n) is 27.6.